The maximum absolute atomic E-state index is 12.5. The molecular formula is C12H15Cl2NO4S. The van der Waals surface area contributed by atoms with Crippen molar-refractivity contribution in [3.8, 4) is 0 Å². The predicted octanol–water partition coefficient (Wildman–Crippen LogP) is 2.71. The molecular weight excluding hydrogens is 325 g/mol. The number of sulfonamides is 1. The summed E-state index contributed by atoms with van der Waals surface area (Å²) in [7, 11) is -2.58. The number of halogens is 2. The summed E-state index contributed by atoms with van der Waals surface area (Å²) in [6.45, 7) is 3.08. The lowest BCUT2D eigenvalue weighted by atomic mass is 10.2. The first-order valence-electron chi connectivity index (χ1n) is 5.72. The number of carboxylic acid groups (broad SMARTS) is 1. The van der Waals surface area contributed by atoms with Gasteiger partial charge in [-0.3, -0.25) is 4.79 Å². The van der Waals surface area contributed by atoms with Crippen LogP contribution in [0.3, 0.4) is 0 Å². The summed E-state index contributed by atoms with van der Waals surface area (Å²) in [6.07, 6.45) is -0.286. The highest BCUT2D eigenvalue weighted by atomic mass is 35.5. The predicted molar refractivity (Wildman–Crippen MR) is 78.0 cm³/mol. The van der Waals surface area contributed by atoms with E-state index in [-0.39, 0.29) is 22.9 Å². The number of hydrogen-bond acceptors (Lipinski definition) is 3. The summed E-state index contributed by atoms with van der Waals surface area (Å²) in [5.74, 6) is -1.07. The minimum atomic E-state index is -3.89. The summed E-state index contributed by atoms with van der Waals surface area (Å²) in [6, 6.07) is 1.59. The first-order chi connectivity index (χ1) is 9.09. The lowest BCUT2D eigenvalue weighted by Crippen LogP contribution is -2.30. The highest BCUT2D eigenvalue weighted by Gasteiger charge is 2.28. The Bertz CT molecular complexity index is 617. The molecule has 0 heterocycles. The van der Waals surface area contributed by atoms with Crippen molar-refractivity contribution in [3.63, 3.8) is 0 Å². The summed E-state index contributed by atoms with van der Waals surface area (Å²) in [5, 5.41) is 9.04. The Morgan fingerprint density at radius 2 is 1.90 bits per heavy atom. The van der Waals surface area contributed by atoms with Gasteiger partial charge in [-0.05, 0) is 31.0 Å². The molecule has 5 nitrogen and oxygen atoms in total. The molecule has 0 bridgehead atoms. The molecule has 0 atom stereocenters. The first-order valence-corrected chi connectivity index (χ1v) is 7.92. The monoisotopic (exact) mass is 339 g/mol. The smallest absolute Gasteiger partial charge is 0.304 e. The second kappa shape index (κ2) is 6.30. The Morgan fingerprint density at radius 3 is 2.40 bits per heavy atom. The molecule has 112 valence electrons. The van der Waals surface area contributed by atoms with Crippen LogP contribution in [0, 0.1) is 13.8 Å². The molecule has 0 spiro atoms. The number of benzene rings is 1. The Morgan fingerprint density at radius 1 is 1.35 bits per heavy atom. The largest absolute Gasteiger partial charge is 0.481 e. The molecule has 0 aliphatic carbocycles. The molecule has 20 heavy (non-hydrogen) atoms. The molecule has 0 fully saturated rings. The minimum Gasteiger partial charge on any atom is -0.481 e. The van der Waals surface area contributed by atoms with E-state index in [0.717, 1.165) is 4.31 Å². The van der Waals surface area contributed by atoms with Gasteiger partial charge in [-0.15, -0.1) is 0 Å². The fourth-order valence-electron chi connectivity index (χ4n) is 1.65. The summed E-state index contributed by atoms with van der Waals surface area (Å²) in [5.41, 5.74) is 0.900. The third kappa shape index (κ3) is 3.44. The van der Waals surface area contributed by atoms with Gasteiger partial charge in [0.25, 0.3) is 0 Å². The van der Waals surface area contributed by atoms with Gasteiger partial charge in [-0.25, -0.2) is 12.7 Å². The normalized spacial score (nSPS) is 11.9. The zero-order chi connectivity index (χ0) is 15.7. The molecule has 1 aromatic rings. The summed E-state index contributed by atoms with van der Waals surface area (Å²) < 4.78 is 25.9. The molecule has 0 amide bonds. The van der Waals surface area contributed by atoms with Crippen LogP contribution in [0.2, 0.25) is 10.0 Å². The number of aryl methyl sites for hydroxylation is 1. The van der Waals surface area contributed by atoms with Crippen LogP contribution in [0.4, 0.5) is 0 Å². The van der Waals surface area contributed by atoms with Gasteiger partial charge >= 0.3 is 5.97 Å². The SMILES string of the molecule is Cc1cc(Cl)c(C)c(S(=O)(=O)N(C)CCC(=O)O)c1Cl. The molecule has 0 saturated heterocycles. The first kappa shape index (κ1) is 17.2. The number of hydrogen-bond donors (Lipinski definition) is 1. The molecule has 0 aliphatic rings. The fraction of sp³-hybridized carbons (Fsp3) is 0.417. The van der Waals surface area contributed by atoms with Crippen molar-refractivity contribution < 1.29 is 18.3 Å². The molecule has 0 unspecified atom stereocenters. The molecule has 1 rings (SSSR count). The van der Waals surface area contributed by atoms with Gasteiger partial charge in [-0.2, -0.15) is 0 Å². The fourth-order valence-corrected chi connectivity index (χ4v) is 3.98. The van der Waals surface area contributed by atoms with Crippen LogP contribution in [0.25, 0.3) is 0 Å². The minimum absolute atomic E-state index is 0.0722. The zero-order valence-electron chi connectivity index (χ0n) is 11.3. The van der Waals surface area contributed by atoms with E-state index in [9.17, 15) is 13.2 Å². The van der Waals surface area contributed by atoms with Crippen LogP contribution in [0.15, 0.2) is 11.0 Å². The Balaban J connectivity index is 3.32. The van der Waals surface area contributed by atoms with E-state index in [1.807, 2.05) is 0 Å². The van der Waals surface area contributed by atoms with Gasteiger partial charge in [0, 0.05) is 18.6 Å². The average molecular weight is 340 g/mol. The van der Waals surface area contributed by atoms with E-state index >= 15 is 0 Å². The lowest BCUT2D eigenvalue weighted by molar-refractivity contribution is -0.137. The molecule has 1 aromatic carbocycles. The Hall–Kier alpha value is -0.820. The summed E-state index contributed by atoms with van der Waals surface area (Å²) in [4.78, 5) is 10.5. The van der Waals surface area contributed by atoms with Gasteiger partial charge in [-0.1, -0.05) is 23.2 Å². The topological polar surface area (TPSA) is 74.7 Å². The van der Waals surface area contributed by atoms with Gasteiger partial charge in [0.1, 0.15) is 4.90 Å². The molecule has 0 aliphatic heterocycles. The van der Waals surface area contributed by atoms with Crippen molar-refractivity contribution >= 4 is 39.2 Å². The van der Waals surface area contributed by atoms with Gasteiger partial charge in [0.05, 0.1) is 11.4 Å². The highest BCUT2D eigenvalue weighted by molar-refractivity contribution is 7.89. The van der Waals surface area contributed by atoms with E-state index in [1.165, 1.54) is 7.05 Å². The highest BCUT2D eigenvalue weighted by Crippen LogP contribution is 2.34. The second-order valence-corrected chi connectivity index (χ2v) is 7.18. The van der Waals surface area contributed by atoms with Crippen molar-refractivity contribution in [1.29, 1.82) is 0 Å². The molecule has 1 N–H and O–H groups in total. The molecule has 0 saturated carbocycles. The van der Waals surface area contributed by atoms with Crippen molar-refractivity contribution in [3.05, 3.63) is 27.2 Å². The van der Waals surface area contributed by atoms with Crippen LogP contribution in [-0.4, -0.2) is 37.4 Å². The van der Waals surface area contributed by atoms with E-state index in [1.54, 1.807) is 19.9 Å². The van der Waals surface area contributed by atoms with E-state index in [0.29, 0.717) is 16.1 Å². The number of aliphatic carboxylic acids is 1. The van der Waals surface area contributed by atoms with Gasteiger partial charge in [0.15, 0.2) is 0 Å². The molecule has 0 radical (unpaired) electrons. The molecule has 8 heteroatoms. The van der Waals surface area contributed by atoms with E-state index < -0.39 is 16.0 Å². The van der Waals surface area contributed by atoms with Crippen molar-refractivity contribution in [1.82, 2.24) is 4.31 Å². The lowest BCUT2D eigenvalue weighted by Gasteiger charge is -2.20. The van der Waals surface area contributed by atoms with Gasteiger partial charge in [0.2, 0.25) is 10.0 Å². The van der Waals surface area contributed by atoms with Gasteiger partial charge < -0.3 is 5.11 Å². The van der Waals surface area contributed by atoms with Crippen LogP contribution >= 0.6 is 23.2 Å². The Kier molecular flexibility index (Phi) is 5.43. The number of carboxylic acids is 1. The third-order valence-corrected chi connectivity index (χ3v) is 5.92. The third-order valence-electron chi connectivity index (χ3n) is 2.90. The molecule has 0 aromatic heterocycles. The van der Waals surface area contributed by atoms with Crippen molar-refractivity contribution in [2.24, 2.45) is 0 Å². The number of rotatable bonds is 5. The maximum Gasteiger partial charge on any atom is 0.304 e. The quantitative estimate of drug-likeness (QED) is 0.894. The van der Waals surface area contributed by atoms with E-state index in [2.05, 4.69) is 0 Å². The Labute approximate surface area is 128 Å². The van der Waals surface area contributed by atoms with E-state index in [4.69, 9.17) is 28.3 Å². The van der Waals surface area contributed by atoms with Crippen LogP contribution in [0.5, 0.6) is 0 Å². The zero-order valence-corrected chi connectivity index (χ0v) is 13.6. The van der Waals surface area contributed by atoms with Crippen LogP contribution < -0.4 is 0 Å². The second-order valence-electron chi connectivity index (χ2n) is 4.41. The van der Waals surface area contributed by atoms with Crippen molar-refractivity contribution in [2.45, 2.75) is 25.2 Å². The summed E-state index contributed by atoms with van der Waals surface area (Å²) >= 11 is 12.1. The van der Waals surface area contributed by atoms with Crippen LogP contribution in [0.1, 0.15) is 17.5 Å². The van der Waals surface area contributed by atoms with Crippen LogP contribution in [-0.2, 0) is 14.8 Å². The standard InChI is InChI=1S/C12H15Cl2NO4S/c1-7-6-9(13)8(2)12(11(7)14)20(18,19)15(3)5-4-10(16)17/h6H,4-5H2,1-3H3,(H,16,17). The number of nitrogens with zero attached hydrogens (tertiary/aromatic N) is 1. The maximum atomic E-state index is 12.5. The average Bonchev–Trinajstić information content (AvgIpc) is 2.33. The number of carbonyl (C=O) groups is 1. The van der Waals surface area contributed by atoms with Crippen molar-refractivity contribution in [2.75, 3.05) is 13.6 Å².